The van der Waals surface area contributed by atoms with Gasteiger partial charge in [0.1, 0.15) is 16.6 Å². The first-order chi connectivity index (χ1) is 17.1. The number of rotatable bonds is 5. The van der Waals surface area contributed by atoms with Gasteiger partial charge in [0.25, 0.3) is 5.56 Å². The standard InChI is InChI=1S/C26H25ClFN5O3/c1-14-21(26-8-5-25(13-29,6-9-26)7-10-26)32-22-17(11-16(28)12-33(22)23(14)34)15(2)30-18-3-4-19(27)31-20(18)24(35)36/h3-4,11-12,15,30H,5-10H2,1-2H3,(H,35,36)/t15-,25?,26?/m1/s1. The number of carbonyl (C=O) groups is 1. The van der Waals surface area contributed by atoms with Crippen molar-refractivity contribution >= 4 is 28.9 Å². The van der Waals surface area contributed by atoms with Crippen LogP contribution in [-0.4, -0.2) is 25.4 Å². The van der Waals surface area contributed by atoms with E-state index in [1.807, 2.05) is 0 Å². The number of carboxylic acid groups (broad SMARTS) is 1. The lowest BCUT2D eigenvalue weighted by Crippen LogP contribution is -2.45. The molecule has 0 radical (unpaired) electrons. The summed E-state index contributed by atoms with van der Waals surface area (Å²) in [7, 11) is 0. The van der Waals surface area contributed by atoms with Crippen LogP contribution in [0, 0.1) is 29.5 Å². The molecule has 6 rings (SSSR count). The van der Waals surface area contributed by atoms with Crippen molar-refractivity contribution in [2.75, 3.05) is 5.32 Å². The molecule has 3 aromatic rings. The number of nitriles is 1. The number of hydrogen-bond acceptors (Lipinski definition) is 6. The fraction of sp³-hybridized carbons (Fsp3) is 0.423. The summed E-state index contributed by atoms with van der Waals surface area (Å²) < 4.78 is 15.9. The number of hydrogen-bond donors (Lipinski definition) is 2. The Morgan fingerprint density at radius 3 is 2.53 bits per heavy atom. The second-order valence-electron chi connectivity index (χ2n) is 10.1. The second kappa shape index (κ2) is 8.56. The molecule has 8 nitrogen and oxygen atoms in total. The normalized spacial score (nSPS) is 23.9. The van der Waals surface area contributed by atoms with Crippen LogP contribution < -0.4 is 10.9 Å². The van der Waals surface area contributed by atoms with Gasteiger partial charge in [-0.15, -0.1) is 0 Å². The molecule has 0 unspecified atom stereocenters. The lowest BCUT2D eigenvalue weighted by atomic mass is 9.53. The zero-order valence-corrected chi connectivity index (χ0v) is 20.7. The van der Waals surface area contributed by atoms with Gasteiger partial charge < -0.3 is 10.4 Å². The monoisotopic (exact) mass is 509 g/mol. The third-order valence-corrected chi connectivity index (χ3v) is 8.24. The first kappa shape index (κ1) is 24.2. The van der Waals surface area contributed by atoms with Crippen molar-refractivity contribution in [1.29, 1.82) is 5.26 Å². The smallest absolute Gasteiger partial charge is 0.356 e. The van der Waals surface area contributed by atoms with Gasteiger partial charge in [-0.2, -0.15) is 5.26 Å². The lowest BCUT2D eigenvalue weighted by Gasteiger charge is -2.50. The summed E-state index contributed by atoms with van der Waals surface area (Å²) >= 11 is 5.87. The number of nitrogens with zero attached hydrogens (tertiary/aromatic N) is 4. The Labute approximate surface area is 211 Å². The van der Waals surface area contributed by atoms with Crippen LogP contribution >= 0.6 is 11.6 Å². The zero-order valence-electron chi connectivity index (χ0n) is 19.9. The summed E-state index contributed by atoms with van der Waals surface area (Å²) in [5, 5.41) is 22.3. The van der Waals surface area contributed by atoms with Crippen molar-refractivity contribution < 1.29 is 14.3 Å². The molecule has 0 amide bonds. The van der Waals surface area contributed by atoms with E-state index in [0.29, 0.717) is 16.8 Å². The summed E-state index contributed by atoms with van der Waals surface area (Å²) in [6.07, 6.45) is 5.82. The SMILES string of the molecule is Cc1c(C23CCC(C#N)(CC2)CC3)nc2c([C@@H](C)Nc3ccc(Cl)nc3C(=O)O)cc(F)cn2c1=O. The number of fused-ring (bicyclic) bond motifs is 4. The zero-order chi connectivity index (χ0) is 25.8. The van der Waals surface area contributed by atoms with Gasteiger partial charge in [0.2, 0.25) is 0 Å². The van der Waals surface area contributed by atoms with Crippen LogP contribution in [0.3, 0.4) is 0 Å². The highest BCUT2D eigenvalue weighted by atomic mass is 35.5. The van der Waals surface area contributed by atoms with E-state index in [9.17, 15) is 24.3 Å². The lowest BCUT2D eigenvalue weighted by molar-refractivity contribution is 0.0691. The molecule has 1 atom stereocenters. The molecular weight excluding hydrogens is 485 g/mol. The number of anilines is 1. The summed E-state index contributed by atoms with van der Waals surface area (Å²) in [4.78, 5) is 34.0. The van der Waals surface area contributed by atoms with Crippen LogP contribution in [0.25, 0.3) is 5.65 Å². The van der Waals surface area contributed by atoms with E-state index in [2.05, 4.69) is 16.4 Å². The van der Waals surface area contributed by atoms with Crippen LogP contribution in [-0.2, 0) is 5.41 Å². The molecule has 186 valence electrons. The molecular formula is C26H25ClFN5O3. The molecule has 0 aliphatic heterocycles. The Bertz CT molecular complexity index is 1490. The molecule has 2 N–H and O–H groups in total. The maximum atomic E-state index is 14.7. The second-order valence-corrected chi connectivity index (χ2v) is 10.5. The molecule has 0 spiro atoms. The number of aromatic carboxylic acids is 1. The van der Waals surface area contributed by atoms with Crippen molar-refractivity contribution in [2.24, 2.45) is 5.41 Å². The van der Waals surface area contributed by atoms with Crippen LogP contribution in [0.2, 0.25) is 5.15 Å². The van der Waals surface area contributed by atoms with Crippen molar-refractivity contribution in [3.63, 3.8) is 0 Å². The number of halogens is 2. The molecule has 2 bridgehead atoms. The maximum absolute atomic E-state index is 14.7. The van der Waals surface area contributed by atoms with Gasteiger partial charge in [-0.05, 0) is 70.6 Å². The number of nitrogens with one attached hydrogen (secondary N) is 1. The Hall–Kier alpha value is -3.51. The number of pyridine rings is 2. The molecule has 3 aliphatic carbocycles. The third kappa shape index (κ3) is 3.80. The Balaban J connectivity index is 1.62. The van der Waals surface area contributed by atoms with Crippen LogP contribution in [0.1, 0.15) is 78.8 Å². The summed E-state index contributed by atoms with van der Waals surface area (Å²) in [5.41, 5.74) is 0.997. The van der Waals surface area contributed by atoms with Crippen molar-refractivity contribution in [2.45, 2.75) is 63.8 Å². The summed E-state index contributed by atoms with van der Waals surface area (Å²) in [5.74, 6) is -1.87. The number of carboxylic acids is 1. The minimum Gasteiger partial charge on any atom is -0.476 e. The van der Waals surface area contributed by atoms with Crippen molar-refractivity contribution in [1.82, 2.24) is 14.4 Å². The maximum Gasteiger partial charge on any atom is 0.356 e. The molecule has 3 fully saturated rings. The van der Waals surface area contributed by atoms with Gasteiger partial charge in [0.15, 0.2) is 5.69 Å². The van der Waals surface area contributed by atoms with Gasteiger partial charge in [-0.25, -0.2) is 19.2 Å². The van der Waals surface area contributed by atoms with E-state index in [0.717, 1.165) is 50.4 Å². The Kier molecular flexibility index (Phi) is 5.75. The van der Waals surface area contributed by atoms with E-state index in [1.165, 1.54) is 22.6 Å². The molecule has 10 heteroatoms. The van der Waals surface area contributed by atoms with Gasteiger partial charge in [0, 0.05) is 22.7 Å². The molecule has 3 aliphatic rings. The van der Waals surface area contributed by atoms with E-state index in [-0.39, 0.29) is 32.9 Å². The fourth-order valence-corrected chi connectivity index (χ4v) is 6.04. The van der Waals surface area contributed by atoms with E-state index >= 15 is 0 Å². The summed E-state index contributed by atoms with van der Waals surface area (Å²) in [6.45, 7) is 3.47. The Morgan fingerprint density at radius 2 is 1.92 bits per heavy atom. The van der Waals surface area contributed by atoms with Gasteiger partial charge in [0.05, 0.1) is 28.9 Å². The molecule has 3 aromatic heterocycles. The predicted octanol–water partition coefficient (Wildman–Crippen LogP) is 5.18. The molecule has 3 saturated carbocycles. The Morgan fingerprint density at radius 1 is 1.25 bits per heavy atom. The van der Waals surface area contributed by atoms with E-state index in [4.69, 9.17) is 16.6 Å². The van der Waals surface area contributed by atoms with Crippen molar-refractivity contribution in [3.8, 4) is 6.07 Å². The van der Waals surface area contributed by atoms with Crippen molar-refractivity contribution in [3.05, 3.63) is 68.2 Å². The highest BCUT2D eigenvalue weighted by Crippen LogP contribution is 2.57. The van der Waals surface area contributed by atoms with E-state index < -0.39 is 17.8 Å². The number of aromatic nitrogens is 3. The fourth-order valence-electron chi connectivity index (χ4n) is 5.89. The largest absolute Gasteiger partial charge is 0.476 e. The van der Waals surface area contributed by atoms with Gasteiger partial charge in [-0.3, -0.25) is 9.20 Å². The van der Waals surface area contributed by atoms with E-state index in [1.54, 1.807) is 13.8 Å². The minimum atomic E-state index is -1.26. The first-order valence-corrected chi connectivity index (χ1v) is 12.3. The molecule has 0 saturated heterocycles. The van der Waals surface area contributed by atoms with Crippen LogP contribution in [0.15, 0.2) is 29.2 Å². The van der Waals surface area contributed by atoms with Gasteiger partial charge in [-0.1, -0.05) is 11.6 Å². The third-order valence-electron chi connectivity index (χ3n) is 8.03. The highest BCUT2D eigenvalue weighted by molar-refractivity contribution is 6.29. The highest BCUT2D eigenvalue weighted by Gasteiger charge is 2.51. The average molecular weight is 510 g/mol. The quantitative estimate of drug-likeness (QED) is 0.455. The minimum absolute atomic E-state index is 0.0368. The first-order valence-electron chi connectivity index (χ1n) is 11.9. The predicted molar refractivity (Wildman–Crippen MR) is 132 cm³/mol. The topological polar surface area (TPSA) is 120 Å². The van der Waals surface area contributed by atoms with Crippen LogP contribution in [0.4, 0.5) is 10.1 Å². The summed E-state index contributed by atoms with van der Waals surface area (Å²) in [6, 6.07) is 6.16. The average Bonchev–Trinajstić information content (AvgIpc) is 2.88. The molecule has 0 aromatic carbocycles. The van der Waals surface area contributed by atoms with Crippen LogP contribution in [0.5, 0.6) is 0 Å². The molecule has 36 heavy (non-hydrogen) atoms. The molecule has 3 heterocycles. The van der Waals surface area contributed by atoms with Gasteiger partial charge >= 0.3 is 5.97 Å².